The molecule has 0 aliphatic carbocycles. The van der Waals surface area contributed by atoms with Gasteiger partial charge in [0.25, 0.3) is 0 Å². The van der Waals surface area contributed by atoms with Crippen molar-refractivity contribution in [1.29, 1.82) is 0 Å². The normalized spacial score (nSPS) is 10.4. The molecule has 0 atom stereocenters. The molecule has 2 aromatic carbocycles. The third-order valence-electron chi connectivity index (χ3n) is 3.52. The zero-order chi connectivity index (χ0) is 21.6. The van der Waals surface area contributed by atoms with E-state index >= 15 is 0 Å². The molecule has 0 saturated carbocycles. The summed E-state index contributed by atoms with van der Waals surface area (Å²) in [6.07, 6.45) is 1.53. The topological polar surface area (TPSA) is 149 Å². The Hall–Kier alpha value is -4.21. The first-order valence-corrected chi connectivity index (χ1v) is 7.87. The van der Waals surface area contributed by atoms with Crippen molar-refractivity contribution in [3.63, 3.8) is 0 Å². The molecule has 0 amide bonds. The molecule has 2 aromatic rings. The van der Waals surface area contributed by atoms with Crippen LogP contribution in [0.5, 0.6) is 28.7 Å². The van der Waals surface area contributed by atoms with Gasteiger partial charge in [-0.15, -0.1) is 0 Å². The van der Waals surface area contributed by atoms with E-state index < -0.39 is 17.9 Å². The molecule has 0 bridgehead atoms. The van der Waals surface area contributed by atoms with E-state index in [0.717, 1.165) is 12.3 Å². The number of benzene rings is 2. The van der Waals surface area contributed by atoms with Gasteiger partial charge in [0.05, 0.1) is 37.7 Å². The monoisotopic (exact) mass is 404 g/mol. The maximum atomic E-state index is 11.3. The number of methoxy groups -OCH3 is 2. The van der Waals surface area contributed by atoms with Gasteiger partial charge in [0.15, 0.2) is 23.0 Å². The van der Waals surface area contributed by atoms with E-state index in [-0.39, 0.29) is 39.9 Å². The average Bonchev–Trinajstić information content (AvgIpc) is 2.68. The molecule has 0 saturated heterocycles. The first-order valence-electron chi connectivity index (χ1n) is 7.87. The first-order chi connectivity index (χ1) is 13.8. The Labute approximate surface area is 164 Å². The molecule has 0 aromatic heterocycles. The number of carbonyl (C=O) groups is 3. The molecule has 0 heterocycles. The van der Waals surface area contributed by atoms with Crippen molar-refractivity contribution in [2.24, 2.45) is 0 Å². The van der Waals surface area contributed by atoms with Gasteiger partial charge >= 0.3 is 17.9 Å². The number of carboxylic acids is 3. The fourth-order valence-electron chi connectivity index (χ4n) is 2.20. The zero-order valence-corrected chi connectivity index (χ0v) is 15.2. The molecule has 0 spiro atoms. The fourth-order valence-corrected chi connectivity index (χ4v) is 2.20. The first kappa shape index (κ1) is 21.1. The Morgan fingerprint density at radius 2 is 1.38 bits per heavy atom. The minimum atomic E-state index is -1.28. The van der Waals surface area contributed by atoms with E-state index in [4.69, 9.17) is 29.2 Å². The number of aromatic carboxylic acids is 2. The number of hydrogen-bond donors (Lipinski definition) is 3. The summed E-state index contributed by atoms with van der Waals surface area (Å²) in [4.78, 5) is 33.1. The van der Waals surface area contributed by atoms with Gasteiger partial charge in [0.1, 0.15) is 0 Å². The molecule has 0 aliphatic rings. The highest BCUT2D eigenvalue weighted by atomic mass is 16.6. The molecule has 0 aliphatic heterocycles. The van der Waals surface area contributed by atoms with Gasteiger partial charge in [0.2, 0.25) is 5.75 Å². The van der Waals surface area contributed by atoms with Crippen molar-refractivity contribution in [2.45, 2.75) is 0 Å². The van der Waals surface area contributed by atoms with Crippen LogP contribution in [-0.4, -0.2) is 47.4 Å². The average molecular weight is 404 g/mol. The third kappa shape index (κ3) is 5.16. The molecule has 0 radical (unpaired) electrons. The number of carboxylic acid groups (broad SMARTS) is 3. The van der Waals surface area contributed by atoms with Crippen LogP contribution < -0.4 is 18.9 Å². The van der Waals surface area contributed by atoms with E-state index in [2.05, 4.69) is 0 Å². The van der Waals surface area contributed by atoms with Gasteiger partial charge in [-0.25, -0.2) is 14.4 Å². The maximum absolute atomic E-state index is 11.3. The lowest BCUT2D eigenvalue weighted by Crippen LogP contribution is -2.02. The molecule has 29 heavy (non-hydrogen) atoms. The van der Waals surface area contributed by atoms with Crippen LogP contribution in [0.15, 0.2) is 42.7 Å². The Kier molecular flexibility index (Phi) is 6.64. The summed E-state index contributed by atoms with van der Waals surface area (Å²) in [6.45, 7) is 0. The third-order valence-corrected chi connectivity index (χ3v) is 3.52. The van der Waals surface area contributed by atoms with Gasteiger partial charge in [-0.2, -0.15) is 0 Å². The number of rotatable bonds is 9. The smallest absolute Gasteiger partial charge is 0.335 e. The SMILES string of the molecule is COc1cc(C(=O)O)ccc1Oc1c(OC)cc(C(=O)O)cc1O/C=C\C(=O)O. The van der Waals surface area contributed by atoms with Crippen LogP contribution in [0, 0.1) is 0 Å². The van der Waals surface area contributed by atoms with Gasteiger partial charge in [0, 0.05) is 0 Å². The number of hydrogen-bond acceptors (Lipinski definition) is 7. The van der Waals surface area contributed by atoms with Crippen LogP contribution in [0.3, 0.4) is 0 Å². The minimum absolute atomic E-state index is 0.0204. The lowest BCUT2D eigenvalue weighted by atomic mass is 10.1. The number of aliphatic carboxylic acids is 1. The Morgan fingerprint density at radius 1 is 0.793 bits per heavy atom. The van der Waals surface area contributed by atoms with Gasteiger partial charge in [-0.3, -0.25) is 0 Å². The summed E-state index contributed by atoms with van der Waals surface area (Å²) in [5, 5.41) is 27.0. The molecular formula is C19H16O10. The summed E-state index contributed by atoms with van der Waals surface area (Å²) in [6, 6.07) is 6.15. The summed E-state index contributed by atoms with van der Waals surface area (Å²) >= 11 is 0. The summed E-state index contributed by atoms with van der Waals surface area (Å²) < 4.78 is 21.3. The lowest BCUT2D eigenvalue weighted by Gasteiger charge is -2.17. The molecular weight excluding hydrogens is 388 g/mol. The van der Waals surface area contributed by atoms with Crippen LogP contribution in [0.2, 0.25) is 0 Å². The van der Waals surface area contributed by atoms with Crippen LogP contribution >= 0.6 is 0 Å². The highest BCUT2D eigenvalue weighted by molar-refractivity contribution is 5.90. The largest absolute Gasteiger partial charge is 0.493 e. The summed E-state index contributed by atoms with van der Waals surface area (Å²) in [5.74, 6) is -3.79. The van der Waals surface area contributed by atoms with Crippen LogP contribution in [0.25, 0.3) is 0 Å². The summed E-state index contributed by atoms with van der Waals surface area (Å²) in [5.41, 5.74) is -0.232. The van der Waals surface area contributed by atoms with E-state index in [1.54, 1.807) is 0 Å². The Balaban J connectivity index is 2.56. The number of ether oxygens (including phenoxy) is 4. The predicted octanol–water partition coefficient (Wildman–Crippen LogP) is 2.87. The van der Waals surface area contributed by atoms with Crippen molar-refractivity contribution < 1.29 is 48.7 Å². The van der Waals surface area contributed by atoms with Crippen molar-refractivity contribution >= 4 is 17.9 Å². The zero-order valence-electron chi connectivity index (χ0n) is 15.2. The molecule has 10 nitrogen and oxygen atoms in total. The van der Waals surface area contributed by atoms with Crippen molar-refractivity contribution in [1.82, 2.24) is 0 Å². The van der Waals surface area contributed by atoms with Crippen LogP contribution in [-0.2, 0) is 4.79 Å². The second kappa shape index (κ2) is 9.13. The molecule has 152 valence electrons. The van der Waals surface area contributed by atoms with Crippen molar-refractivity contribution in [3.8, 4) is 28.7 Å². The molecule has 0 unspecified atom stereocenters. The Morgan fingerprint density at radius 3 is 1.93 bits per heavy atom. The van der Waals surface area contributed by atoms with Gasteiger partial charge in [-0.05, 0) is 30.3 Å². The van der Waals surface area contributed by atoms with Crippen LogP contribution in [0.4, 0.5) is 0 Å². The second-order valence-corrected chi connectivity index (χ2v) is 5.34. The van der Waals surface area contributed by atoms with E-state index in [1.165, 1.54) is 38.5 Å². The standard InChI is InChI=1S/C19H16O10/c1-26-13-7-10(18(22)23)3-4-12(13)29-17-14(27-2)8-11(19(24)25)9-15(17)28-6-5-16(20)21/h3-9H,1-2H3,(H,20,21)(H,22,23)(H,24,25)/b6-5-. The van der Waals surface area contributed by atoms with Crippen molar-refractivity contribution in [2.75, 3.05) is 14.2 Å². The maximum Gasteiger partial charge on any atom is 0.335 e. The lowest BCUT2D eigenvalue weighted by molar-refractivity contribution is -0.131. The molecule has 10 heteroatoms. The van der Waals surface area contributed by atoms with Crippen molar-refractivity contribution in [3.05, 3.63) is 53.8 Å². The van der Waals surface area contributed by atoms with E-state index in [9.17, 15) is 19.5 Å². The fraction of sp³-hybridized carbons (Fsp3) is 0.105. The molecule has 0 fully saturated rings. The van der Waals surface area contributed by atoms with Crippen LogP contribution in [0.1, 0.15) is 20.7 Å². The minimum Gasteiger partial charge on any atom is -0.493 e. The summed E-state index contributed by atoms with van der Waals surface area (Å²) in [7, 11) is 2.58. The Bertz CT molecular complexity index is 977. The predicted molar refractivity (Wildman–Crippen MR) is 97.4 cm³/mol. The highest BCUT2D eigenvalue weighted by Crippen LogP contribution is 2.44. The van der Waals surface area contributed by atoms with Gasteiger partial charge in [-0.1, -0.05) is 0 Å². The quantitative estimate of drug-likeness (QED) is 0.421. The van der Waals surface area contributed by atoms with E-state index in [0.29, 0.717) is 6.08 Å². The molecule has 3 N–H and O–H groups in total. The highest BCUT2D eigenvalue weighted by Gasteiger charge is 2.20. The molecule has 2 rings (SSSR count). The van der Waals surface area contributed by atoms with Gasteiger partial charge < -0.3 is 34.3 Å². The van der Waals surface area contributed by atoms with E-state index in [1.807, 2.05) is 0 Å². The second-order valence-electron chi connectivity index (χ2n) is 5.34.